The molecule has 1 aliphatic rings. The third-order valence-corrected chi connectivity index (χ3v) is 2.31. The zero-order valence-corrected chi connectivity index (χ0v) is 4.66. The highest BCUT2D eigenvalue weighted by Crippen LogP contribution is 2.40. The standard InChI is InChI=1S/C5H8S/c1-3-5-4(2)6-5/h3-5H,1H2,2H3/t4-,5-/m0/s1. The molecule has 0 aliphatic carbocycles. The minimum absolute atomic E-state index is 0.782. The van der Waals surface area contributed by atoms with Crippen molar-refractivity contribution in [3.05, 3.63) is 12.7 Å². The van der Waals surface area contributed by atoms with Crippen molar-refractivity contribution in [3.63, 3.8) is 0 Å². The molecular weight excluding hydrogens is 92.1 g/mol. The van der Waals surface area contributed by atoms with Gasteiger partial charge in [-0.1, -0.05) is 13.0 Å². The highest BCUT2D eigenvalue weighted by molar-refractivity contribution is 8.07. The van der Waals surface area contributed by atoms with Crippen LogP contribution in [0.15, 0.2) is 12.7 Å². The van der Waals surface area contributed by atoms with Crippen molar-refractivity contribution < 1.29 is 0 Å². The van der Waals surface area contributed by atoms with Crippen LogP contribution in [-0.2, 0) is 0 Å². The Balaban J connectivity index is 2.25. The predicted molar refractivity (Wildman–Crippen MR) is 31.0 cm³/mol. The molecule has 0 unspecified atom stereocenters. The molecular formula is C5H8S. The quantitative estimate of drug-likeness (QED) is 0.357. The summed E-state index contributed by atoms with van der Waals surface area (Å²) >= 11 is 1.97. The lowest BCUT2D eigenvalue weighted by atomic mass is 10.3. The second-order valence-electron chi connectivity index (χ2n) is 1.54. The van der Waals surface area contributed by atoms with Crippen LogP contribution in [0.1, 0.15) is 6.92 Å². The third-order valence-electron chi connectivity index (χ3n) is 0.990. The van der Waals surface area contributed by atoms with Gasteiger partial charge in [-0.25, -0.2) is 0 Å². The molecule has 1 aliphatic heterocycles. The minimum Gasteiger partial charge on any atom is -0.149 e. The average molecular weight is 100 g/mol. The summed E-state index contributed by atoms with van der Waals surface area (Å²) in [7, 11) is 0. The zero-order chi connectivity index (χ0) is 4.57. The molecule has 1 rings (SSSR count). The molecule has 0 radical (unpaired) electrons. The van der Waals surface area contributed by atoms with Gasteiger partial charge in [-0.2, -0.15) is 0 Å². The molecule has 0 aromatic carbocycles. The van der Waals surface area contributed by atoms with Crippen LogP contribution in [0.25, 0.3) is 0 Å². The first kappa shape index (κ1) is 4.25. The van der Waals surface area contributed by atoms with Crippen molar-refractivity contribution in [2.75, 3.05) is 0 Å². The molecule has 1 saturated heterocycles. The summed E-state index contributed by atoms with van der Waals surface area (Å²) in [5.41, 5.74) is 0. The summed E-state index contributed by atoms with van der Waals surface area (Å²) in [5, 5.41) is 1.65. The van der Waals surface area contributed by atoms with E-state index in [-0.39, 0.29) is 0 Å². The van der Waals surface area contributed by atoms with Crippen molar-refractivity contribution in [1.82, 2.24) is 0 Å². The van der Waals surface area contributed by atoms with Gasteiger partial charge in [-0.05, 0) is 0 Å². The number of hydrogen-bond donors (Lipinski definition) is 0. The fourth-order valence-corrected chi connectivity index (χ4v) is 1.08. The monoisotopic (exact) mass is 100 g/mol. The van der Waals surface area contributed by atoms with E-state index < -0.39 is 0 Å². The fourth-order valence-electron chi connectivity index (χ4n) is 0.450. The highest BCUT2D eigenvalue weighted by atomic mass is 32.2. The van der Waals surface area contributed by atoms with Gasteiger partial charge < -0.3 is 0 Å². The van der Waals surface area contributed by atoms with Crippen LogP contribution in [0.4, 0.5) is 0 Å². The largest absolute Gasteiger partial charge is 0.149 e. The number of thioether (sulfide) groups is 1. The van der Waals surface area contributed by atoms with Gasteiger partial charge in [-0.3, -0.25) is 0 Å². The van der Waals surface area contributed by atoms with E-state index in [9.17, 15) is 0 Å². The van der Waals surface area contributed by atoms with Gasteiger partial charge in [0.2, 0.25) is 0 Å². The van der Waals surface area contributed by atoms with Gasteiger partial charge in [0.15, 0.2) is 0 Å². The lowest BCUT2D eigenvalue weighted by Gasteiger charge is -1.68. The summed E-state index contributed by atoms with van der Waals surface area (Å²) < 4.78 is 0. The van der Waals surface area contributed by atoms with Crippen LogP contribution in [0.5, 0.6) is 0 Å². The van der Waals surface area contributed by atoms with Crippen LogP contribution in [0.2, 0.25) is 0 Å². The van der Waals surface area contributed by atoms with Crippen LogP contribution < -0.4 is 0 Å². The first-order valence-corrected chi connectivity index (χ1v) is 3.07. The third kappa shape index (κ3) is 0.597. The molecule has 0 spiro atoms. The molecule has 0 amide bonds. The van der Waals surface area contributed by atoms with Crippen LogP contribution in [0.3, 0.4) is 0 Å². The molecule has 0 aromatic heterocycles. The minimum atomic E-state index is 0.782. The average Bonchev–Trinajstić information content (AvgIpc) is 2.19. The fraction of sp³-hybridized carbons (Fsp3) is 0.600. The molecule has 1 heterocycles. The highest BCUT2D eigenvalue weighted by Gasteiger charge is 2.29. The maximum atomic E-state index is 3.65. The smallest absolute Gasteiger partial charge is 0.0344 e. The molecule has 1 heteroatoms. The van der Waals surface area contributed by atoms with Crippen molar-refractivity contribution in [2.24, 2.45) is 0 Å². The van der Waals surface area contributed by atoms with E-state index in [0.717, 1.165) is 10.5 Å². The molecule has 0 bridgehead atoms. The van der Waals surface area contributed by atoms with E-state index >= 15 is 0 Å². The SMILES string of the molecule is C=C[C@@H]1S[C@H]1C. The Hall–Kier alpha value is 0.0900. The van der Waals surface area contributed by atoms with Crippen molar-refractivity contribution in [3.8, 4) is 0 Å². The van der Waals surface area contributed by atoms with E-state index in [2.05, 4.69) is 13.5 Å². The van der Waals surface area contributed by atoms with Crippen LogP contribution in [0, 0.1) is 0 Å². The Labute approximate surface area is 42.6 Å². The number of hydrogen-bond acceptors (Lipinski definition) is 1. The van der Waals surface area contributed by atoms with E-state index in [4.69, 9.17) is 0 Å². The molecule has 0 saturated carbocycles. The first-order valence-electron chi connectivity index (χ1n) is 2.12. The van der Waals surface area contributed by atoms with Crippen molar-refractivity contribution in [1.29, 1.82) is 0 Å². The van der Waals surface area contributed by atoms with E-state index in [1.165, 1.54) is 0 Å². The maximum absolute atomic E-state index is 3.65. The Morgan fingerprint density at radius 2 is 2.33 bits per heavy atom. The molecule has 1 fully saturated rings. The first-order chi connectivity index (χ1) is 2.84. The Morgan fingerprint density at radius 3 is 2.33 bits per heavy atom. The summed E-state index contributed by atoms with van der Waals surface area (Å²) in [6.07, 6.45) is 2.01. The molecule has 0 N–H and O–H groups in total. The van der Waals surface area contributed by atoms with Gasteiger partial charge in [0.05, 0.1) is 0 Å². The summed E-state index contributed by atoms with van der Waals surface area (Å²) in [4.78, 5) is 0. The van der Waals surface area contributed by atoms with Gasteiger partial charge in [-0.15, -0.1) is 18.3 Å². The topological polar surface area (TPSA) is 0 Å². The Bertz CT molecular complexity index is 68.3. The molecule has 2 atom stereocenters. The Kier molecular flexibility index (Phi) is 0.922. The van der Waals surface area contributed by atoms with Gasteiger partial charge in [0.25, 0.3) is 0 Å². The predicted octanol–water partition coefficient (Wildman–Crippen LogP) is 1.68. The summed E-state index contributed by atoms with van der Waals surface area (Å²) in [5.74, 6) is 0. The van der Waals surface area contributed by atoms with E-state index in [1.807, 2.05) is 17.8 Å². The maximum Gasteiger partial charge on any atom is 0.0344 e. The second kappa shape index (κ2) is 1.30. The van der Waals surface area contributed by atoms with Crippen LogP contribution in [-0.4, -0.2) is 10.5 Å². The van der Waals surface area contributed by atoms with E-state index in [0.29, 0.717) is 0 Å². The lowest BCUT2D eigenvalue weighted by Crippen LogP contribution is -1.77. The van der Waals surface area contributed by atoms with E-state index in [1.54, 1.807) is 0 Å². The van der Waals surface area contributed by atoms with Crippen LogP contribution >= 0.6 is 11.8 Å². The molecule has 0 aromatic rings. The van der Waals surface area contributed by atoms with Gasteiger partial charge >= 0.3 is 0 Å². The summed E-state index contributed by atoms with van der Waals surface area (Å²) in [6.45, 7) is 5.87. The summed E-state index contributed by atoms with van der Waals surface area (Å²) in [6, 6.07) is 0. The molecule has 6 heavy (non-hydrogen) atoms. The van der Waals surface area contributed by atoms with Crippen molar-refractivity contribution >= 4 is 11.8 Å². The molecule has 34 valence electrons. The second-order valence-corrected chi connectivity index (χ2v) is 3.10. The van der Waals surface area contributed by atoms with Gasteiger partial charge in [0, 0.05) is 10.5 Å². The van der Waals surface area contributed by atoms with Crippen molar-refractivity contribution in [2.45, 2.75) is 17.4 Å². The molecule has 0 nitrogen and oxygen atoms in total. The Morgan fingerprint density at radius 1 is 1.83 bits per heavy atom. The van der Waals surface area contributed by atoms with Gasteiger partial charge in [0.1, 0.15) is 0 Å². The zero-order valence-electron chi connectivity index (χ0n) is 3.85. The normalized spacial score (nSPS) is 42.2. The number of rotatable bonds is 1. The lowest BCUT2D eigenvalue weighted by molar-refractivity contribution is 1.13.